The highest BCUT2D eigenvalue weighted by atomic mass is 127. The number of aromatic nitrogens is 2. The van der Waals surface area contributed by atoms with E-state index in [2.05, 4.69) is 74.0 Å². The Labute approximate surface area is 304 Å². The zero-order valence-electron chi connectivity index (χ0n) is 29.7. The number of hydrogen-bond donors (Lipinski definition) is 1. The number of hydrogen-bond acceptors (Lipinski definition) is 9. The first-order valence-electron chi connectivity index (χ1n) is 16.8. The van der Waals surface area contributed by atoms with Gasteiger partial charge in [0.2, 0.25) is 0 Å². The molecular formula is C38H42IN5O6. The van der Waals surface area contributed by atoms with Gasteiger partial charge in [-0.05, 0) is 90.7 Å². The standard InChI is InChI=1S/C38H42IN5O6/c1-9-23-19(2)27-17-32-24(13-14-39)21(4)30-16-28-20(3)25(11-10-12-33(45)48-6)36(41-28)26(15-34(46)49-7)37-35(38(47)50-8)22(5)31(18-29(23)40-27)44(37)42-43(30)32/h13-14,16-18,20,25,42H,9-12,15H2,1-8H3/b14-13+,27-17-,28-16-,29-18?,30-16?,31-18-,32-17?,36-26?,37-26-/t20-,25-/m0/s1. The number of allylic oxidation sites excluding steroid dienone is 3. The fraction of sp³-hybridized carbons (Fsp3) is 0.395. The fourth-order valence-corrected chi connectivity index (χ4v) is 7.95. The number of ether oxygens (including phenoxy) is 3. The summed E-state index contributed by atoms with van der Waals surface area (Å²) in [6, 6.07) is 0. The quantitative estimate of drug-likeness (QED) is 0.201. The van der Waals surface area contributed by atoms with Gasteiger partial charge < -0.3 is 14.2 Å². The summed E-state index contributed by atoms with van der Waals surface area (Å²) in [6.45, 7) is 10.3. The van der Waals surface area contributed by atoms with Gasteiger partial charge in [0.25, 0.3) is 0 Å². The Balaban J connectivity index is 1.83. The molecule has 6 rings (SSSR count). The van der Waals surface area contributed by atoms with Crippen LogP contribution in [0.15, 0.2) is 36.6 Å². The van der Waals surface area contributed by atoms with E-state index in [1.807, 2.05) is 26.4 Å². The highest BCUT2D eigenvalue weighted by molar-refractivity contribution is 14.1. The molecule has 4 aliphatic rings. The van der Waals surface area contributed by atoms with Crippen LogP contribution < -0.4 is 16.2 Å². The first kappa shape index (κ1) is 35.4. The molecule has 6 bridgehead atoms. The van der Waals surface area contributed by atoms with Crippen molar-refractivity contribution in [2.45, 2.75) is 66.7 Å². The van der Waals surface area contributed by atoms with Gasteiger partial charge in [0.1, 0.15) is 0 Å². The molecule has 4 aliphatic heterocycles. The Morgan fingerprint density at radius 2 is 1.68 bits per heavy atom. The lowest BCUT2D eigenvalue weighted by atomic mass is 9.82. The van der Waals surface area contributed by atoms with Crippen molar-refractivity contribution in [2.75, 3.05) is 26.9 Å². The van der Waals surface area contributed by atoms with Crippen molar-refractivity contribution in [3.05, 3.63) is 71.0 Å². The zero-order valence-corrected chi connectivity index (χ0v) is 31.9. The SMILES string of the molecule is CCC1=C(C)/C2=C/c3c(/C=C/I)c(C)c4n3Nn3/c(c(C)c(C(=O)OC)/c3=C(\CC(=O)OC)C3=N/C(=C\4)[C@@H](C)[C@@H]3CCCC(=O)OC)=C\C1=N2. The van der Waals surface area contributed by atoms with Gasteiger partial charge in [-0.15, -0.1) is 0 Å². The van der Waals surface area contributed by atoms with E-state index in [0.29, 0.717) is 46.0 Å². The molecule has 6 heterocycles. The van der Waals surface area contributed by atoms with Crippen LogP contribution in [0.4, 0.5) is 0 Å². The minimum absolute atomic E-state index is 0.0758. The van der Waals surface area contributed by atoms with Crippen LogP contribution in [0.5, 0.6) is 0 Å². The van der Waals surface area contributed by atoms with Gasteiger partial charge in [-0.2, -0.15) is 0 Å². The molecule has 0 saturated heterocycles. The number of fused-ring (bicyclic) bond motifs is 2. The van der Waals surface area contributed by atoms with Crippen LogP contribution in [0.2, 0.25) is 0 Å². The topological polar surface area (TPSA) is 126 Å². The zero-order chi connectivity index (χ0) is 36.0. The summed E-state index contributed by atoms with van der Waals surface area (Å²) in [7, 11) is 4.09. The third kappa shape index (κ3) is 5.80. The second-order valence-corrected chi connectivity index (χ2v) is 13.6. The second-order valence-electron chi connectivity index (χ2n) is 12.9. The summed E-state index contributed by atoms with van der Waals surface area (Å²) >= 11 is 2.24. The molecule has 2 atom stereocenters. The van der Waals surface area contributed by atoms with Gasteiger partial charge in [-0.3, -0.25) is 14.6 Å². The molecule has 0 amide bonds. The molecule has 0 aliphatic carbocycles. The largest absolute Gasteiger partial charge is 0.469 e. The number of esters is 3. The van der Waals surface area contributed by atoms with E-state index in [1.54, 1.807) is 0 Å². The molecule has 12 heteroatoms. The lowest BCUT2D eigenvalue weighted by molar-refractivity contribution is -0.141. The fourth-order valence-electron chi connectivity index (χ4n) is 7.59. The first-order valence-corrected chi connectivity index (χ1v) is 18.0. The summed E-state index contributed by atoms with van der Waals surface area (Å²) in [4.78, 5) is 49.8. The van der Waals surface area contributed by atoms with E-state index in [0.717, 1.165) is 57.2 Å². The number of nitrogens with one attached hydrogen (secondary N) is 1. The van der Waals surface area contributed by atoms with Gasteiger partial charge in [-0.25, -0.2) is 24.7 Å². The Hall–Kier alpha value is -4.46. The van der Waals surface area contributed by atoms with Crippen molar-refractivity contribution in [1.82, 2.24) is 9.35 Å². The summed E-state index contributed by atoms with van der Waals surface area (Å²) in [5, 5.41) is 1.16. The lowest BCUT2D eigenvalue weighted by Crippen LogP contribution is -2.43. The van der Waals surface area contributed by atoms with Crippen LogP contribution in [0.1, 0.15) is 91.3 Å². The molecule has 2 aromatic rings. The van der Waals surface area contributed by atoms with E-state index in [9.17, 15) is 14.4 Å². The number of halogens is 1. The van der Waals surface area contributed by atoms with Gasteiger partial charge >= 0.3 is 17.9 Å². The van der Waals surface area contributed by atoms with E-state index in [-0.39, 0.29) is 30.6 Å². The summed E-state index contributed by atoms with van der Waals surface area (Å²) in [6.07, 6.45) is 10.3. The molecule has 0 fully saturated rings. The maximum absolute atomic E-state index is 13.9. The molecule has 50 heavy (non-hydrogen) atoms. The van der Waals surface area contributed by atoms with E-state index < -0.39 is 11.9 Å². The van der Waals surface area contributed by atoms with E-state index >= 15 is 0 Å². The van der Waals surface area contributed by atoms with Crippen LogP contribution in [0.3, 0.4) is 0 Å². The van der Waals surface area contributed by atoms with Crippen molar-refractivity contribution >= 4 is 81.8 Å². The third-order valence-corrected chi connectivity index (χ3v) is 10.7. The molecule has 2 aromatic heterocycles. The van der Waals surface area contributed by atoms with Crippen molar-refractivity contribution in [1.29, 1.82) is 0 Å². The Morgan fingerprint density at radius 3 is 2.34 bits per heavy atom. The second kappa shape index (κ2) is 14.0. The number of nitrogens with zero attached hydrogens (tertiary/aromatic N) is 4. The lowest BCUT2D eigenvalue weighted by Gasteiger charge is -2.21. The number of methoxy groups -OCH3 is 3. The smallest absolute Gasteiger partial charge is 0.340 e. The Bertz CT molecular complexity index is 2160. The number of aliphatic imine (C=N–C) groups is 2. The number of carbonyl (C=O) groups is 3. The Morgan fingerprint density at radius 1 is 0.940 bits per heavy atom. The van der Waals surface area contributed by atoms with Crippen LogP contribution in [-0.4, -0.2) is 60.0 Å². The van der Waals surface area contributed by atoms with Gasteiger partial charge in [0.05, 0.1) is 72.5 Å². The molecule has 0 saturated carbocycles. The molecular weight excluding hydrogens is 749 g/mol. The predicted molar refractivity (Wildman–Crippen MR) is 204 cm³/mol. The minimum atomic E-state index is -0.543. The predicted octanol–water partition coefficient (Wildman–Crippen LogP) is 5.54. The number of rotatable bonds is 9. The van der Waals surface area contributed by atoms with Gasteiger partial charge in [0.15, 0.2) is 0 Å². The average Bonchev–Trinajstić information content (AvgIpc) is 3.75. The van der Waals surface area contributed by atoms with Crippen molar-refractivity contribution in [2.24, 2.45) is 21.8 Å². The third-order valence-electron chi connectivity index (χ3n) is 10.3. The molecule has 0 aromatic carbocycles. The van der Waals surface area contributed by atoms with Crippen molar-refractivity contribution < 1.29 is 28.6 Å². The Kier molecular flexibility index (Phi) is 9.93. The van der Waals surface area contributed by atoms with Gasteiger partial charge in [0, 0.05) is 35.1 Å². The van der Waals surface area contributed by atoms with E-state index in [1.165, 1.54) is 21.3 Å². The highest BCUT2D eigenvalue weighted by Gasteiger charge is 2.38. The number of carbonyl (C=O) groups excluding carboxylic acids is 3. The molecule has 262 valence electrons. The summed E-state index contributed by atoms with van der Waals surface area (Å²) in [5.41, 5.74) is 14.4. The van der Waals surface area contributed by atoms with Crippen LogP contribution in [0.25, 0.3) is 29.9 Å². The average molecular weight is 792 g/mol. The minimum Gasteiger partial charge on any atom is -0.469 e. The molecule has 11 nitrogen and oxygen atoms in total. The van der Waals surface area contributed by atoms with Crippen molar-refractivity contribution in [3.8, 4) is 0 Å². The molecule has 0 unspecified atom stereocenters. The van der Waals surface area contributed by atoms with Crippen molar-refractivity contribution in [3.63, 3.8) is 0 Å². The van der Waals surface area contributed by atoms with Crippen LogP contribution >= 0.6 is 22.6 Å². The van der Waals surface area contributed by atoms with Crippen LogP contribution in [-0.2, 0) is 23.8 Å². The maximum Gasteiger partial charge on any atom is 0.340 e. The first-order chi connectivity index (χ1) is 24.0. The summed E-state index contributed by atoms with van der Waals surface area (Å²) < 4.78 is 21.5. The summed E-state index contributed by atoms with van der Waals surface area (Å²) in [5.74, 6) is -1.55. The van der Waals surface area contributed by atoms with Gasteiger partial charge in [-0.1, -0.05) is 36.4 Å². The highest BCUT2D eigenvalue weighted by Crippen LogP contribution is 2.41. The molecule has 1 N–H and O–H groups in total. The normalized spacial score (nSPS) is 22.8. The van der Waals surface area contributed by atoms with Crippen LogP contribution in [0, 0.1) is 25.7 Å². The monoisotopic (exact) mass is 791 g/mol. The maximum atomic E-state index is 13.9. The van der Waals surface area contributed by atoms with E-state index in [4.69, 9.17) is 24.2 Å². The molecule has 0 spiro atoms. The molecule has 0 radical (unpaired) electrons.